The van der Waals surface area contributed by atoms with Crippen molar-refractivity contribution in [3.8, 4) is 0 Å². The van der Waals surface area contributed by atoms with Gasteiger partial charge in [0, 0.05) is 18.8 Å². The minimum absolute atomic E-state index is 1.22. The zero-order valence-electron chi connectivity index (χ0n) is 4.91. The van der Waals surface area contributed by atoms with E-state index in [1.54, 1.807) is 6.20 Å². The van der Waals surface area contributed by atoms with Crippen LogP contribution in [0.15, 0.2) is 30.6 Å². The Morgan fingerprint density at radius 3 is 2.78 bits per heavy atom. The largest absolute Gasteiger partial charge is 0.264 e. The summed E-state index contributed by atoms with van der Waals surface area (Å²) < 4.78 is 0. The first-order chi connectivity index (χ1) is 4.47. The molecule has 1 aromatic heterocycles. The lowest BCUT2D eigenvalue weighted by Crippen LogP contribution is -1.73. The molecule has 1 aromatic rings. The number of rotatable bonds is 1. The predicted molar refractivity (Wildman–Crippen MR) is 36.5 cm³/mol. The minimum atomic E-state index is 1.22. The van der Waals surface area contributed by atoms with Crippen molar-refractivity contribution in [3.05, 3.63) is 42.6 Å². The molecule has 1 nitrogen and oxygen atoms in total. The highest BCUT2D eigenvalue weighted by Gasteiger charge is 2.08. The molecule has 0 unspecified atom stereocenters. The summed E-state index contributed by atoms with van der Waals surface area (Å²) in [4.78, 5) is 3.99. The van der Waals surface area contributed by atoms with Gasteiger partial charge >= 0.3 is 0 Å². The molecule has 0 spiro atoms. The monoisotopic (exact) mass is 116 g/mol. The van der Waals surface area contributed by atoms with Crippen LogP contribution in [-0.2, 0) is 0 Å². The van der Waals surface area contributed by atoms with Crippen LogP contribution in [0.4, 0.5) is 0 Å². The highest BCUT2D eigenvalue weighted by molar-refractivity contribution is 5.86. The molecule has 1 aliphatic rings. The van der Waals surface area contributed by atoms with Crippen molar-refractivity contribution >= 4 is 5.57 Å². The molecule has 0 bridgehead atoms. The van der Waals surface area contributed by atoms with E-state index in [0.29, 0.717) is 0 Å². The fraction of sp³-hybridized carbons (Fsp3) is 0. The lowest BCUT2D eigenvalue weighted by Gasteiger charge is -1.88. The Balaban J connectivity index is 2.40. The molecule has 0 amide bonds. The van der Waals surface area contributed by atoms with Crippen molar-refractivity contribution in [2.75, 3.05) is 0 Å². The van der Waals surface area contributed by atoms with Crippen LogP contribution >= 0.6 is 0 Å². The summed E-state index contributed by atoms with van der Waals surface area (Å²) in [6, 6.07) is 4.00. The summed E-state index contributed by atoms with van der Waals surface area (Å²) in [5.74, 6) is 0. The van der Waals surface area contributed by atoms with Gasteiger partial charge < -0.3 is 0 Å². The molecule has 0 atom stereocenters. The van der Waals surface area contributed by atoms with Gasteiger partial charge in [-0.15, -0.1) is 0 Å². The quantitative estimate of drug-likeness (QED) is 0.544. The SMILES string of the molecule is [CH]1C=C1c1cccnc1. The molecule has 2 rings (SSSR count). The third-order valence-electron chi connectivity index (χ3n) is 1.33. The van der Waals surface area contributed by atoms with Crippen molar-refractivity contribution in [1.29, 1.82) is 0 Å². The fourth-order valence-electron chi connectivity index (χ4n) is 0.768. The van der Waals surface area contributed by atoms with E-state index in [0.717, 1.165) is 0 Å². The van der Waals surface area contributed by atoms with Crippen molar-refractivity contribution in [2.45, 2.75) is 0 Å². The second kappa shape index (κ2) is 1.69. The second-order valence-corrected chi connectivity index (χ2v) is 2.03. The number of aromatic nitrogens is 1. The van der Waals surface area contributed by atoms with E-state index >= 15 is 0 Å². The molecule has 1 heterocycles. The lowest BCUT2D eigenvalue weighted by molar-refractivity contribution is 1.31. The van der Waals surface area contributed by atoms with E-state index in [2.05, 4.69) is 23.5 Å². The van der Waals surface area contributed by atoms with Gasteiger partial charge in [-0.3, -0.25) is 4.98 Å². The van der Waals surface area contributed by atoms with E-state index in [-0.39, 0.29) is 0 Å². The van der Waals surface area contributed by atoms with Gasteiger partial charge in [0.05, 0.1) is 0 Å². The normalized spacial score (nSPS) is 14.9. The predicted octanol–water partition coefficient (Wildman–Crippen LogP) is 1.68. The maximum atomic E-state index is 3.99. The number of nitrogens with zero attached hydrogens (tertiary/aromatic N) is 1. The first-order valence-corrected chi connectivity index (χ1v) is 2.92. The van der Waals surface area contributed by atoms with Crippen molar-refractivity contribution in [1.82, 2.24) is 4.98 Å². The molecular formula is C8H6N. The molecule has 0 saturated carbocycles. The summed E-state index contributed by atoms with van der Waals surface area (Å²) in [5, 5.41) is 0. The van der Waals surface area contributed by atoms with Crippen LogP contribution in [-0.4, -0.2) is 4.98 Å². The van der Waals surface area contributed by atoms with Crippen LogP contribution < -0.4 is 0 Å². The average Bonchev–Trinajstić information content (AvgIpc) is 2.71. The highest BCUT2D eigenvalue weighted by atomic mass is 14.6. The lowest BCUT2D eigenvalue weighted by atomic mass is 10.2. The van der Waals surface area contributed by atoms with Gasteiger partial charge in [0.1, 0.15) is 0 Å². The van der Waals surface area contributed by atoms with Crippen LogP contribution in [0, 0.1) is 6.42 Å². The maximum absolute atomic E-state index is 3.99. The Morgan fingerprint density at radius 1 is 1.33 bits per heavy atom. The summed E-state index contributed by atoms with van der Waals surface area (Å²) in [6.45, 7) is 0. The Kier molecular flexibility index (Phi) is 0.890. The molecule has 0 aliphatic heterocycles. The van der Waals surface area contributed by atoms with Crippen LogP contribution in [0.5, 0.6) is 0 Å². The van der Waals surface area contributed by atoms with Gasteiger partial charge in [-0.2, -0.15) is 0 Å². The second-order valence-electron chi connectivity index (χ2n) is 2.03. The third kappa shape index (κ3) is 0.854. The number of hydrogen-bond donors (Lipinski definition) is 0. The topological polar surface area (TPSA) is 12.9 Å². The molecule has 1 heteroatoms. The molecule has 0 aromatic carbocycles. The van der Waals surface area contributed by atoms with Gasteiger partial charge in [0.15, 0.2) is 0 Å². The Bertz CT molecular complexity index is 236. The molecule has 0 saturated heterocycles. The van der Waals surface area contributed by atoms with Crippen molar-refractivity contribution in [2.24, 2.45) is 0 Å². The van der Waals surface area contributed by atoms with E-state index < -0.39 is 0 Å². The van der Waals surface area contributed by atoms with Crippen molar-refractivity contribution < 1.29 is 0 Å². The molecule has 9 heavy (non-hydrogen) atoms. The van der Waals surface area contributed by atoms with E-state index in [9.17, 15) is 0 Å². The molecule has 43 valence electrons. The molecule has 0 N–H and O–H groups in total. The highest BCUT2D eigenvalue weighted by Crippen LogP contribution is 2.27. The van der Waals surface area contributed by atoms with Crippen LogP contribution in [0.2, 0.25) is 0 Å². The first kappa shape index (κ1) is 4.74. The van der Waals surface area contributed by atoms with Gasteiger partial charge in [-0.05, 0) is 17.2 Å². The van der Waals surface area contributed by atoms with Crippen LogP contribution in [0.1, 0.15) is 5.56 Å². The van der Waals surface area contributed by atoms with E-state index in [1.165, 1.54) is 11.1 Å². The zero-order chi connectivity index (χ0) is 6.10. The minimum Gasteiger partial charge on any atom is -0.264 e. The number of allylic oxidation sites excluding steroid dienone is 2. The van der Waals surface area contributed by atoms with E-state index in [4.69, 9.17) is 0 Å². The van der Waals surface area contributed by atoms with E-state index in [1.807, 2.05) is 12.3 Å². The van der Waals surface area contributed by atoms with Gasteiger partial charge in [-0.25, -0.2) is 0 Å². The van der Waals surface area contributed by atoms with Crippen LogP contribution in [0.3, 0.4) is 0 Å². The average molecular weight is 116 g/mol. The van der Waals surface area contributed by atoms with Gasteiger partial charge in [0.25, 0.3) is 0 Å². The fourth-order valence-corrected chi connectivity index (χ4v) is 0.768. The van der Waals surface area contributed by atoms with Crippen LogP contribution in [0.25, 0.3) is 5.57 Å². The molecule has 1 radical (unpaired) electrons. The zero-order valence-corrected chi connectivity index (χ0v) is 4.91. The summed E-state index contributed by atoms with van der Waals surface area (Å²) >= 11 is 0. The molecule has 1 aliphatic carbocycles. The Morgan fingerprint density at radius 2 is 2.22 bits per heavy atom. The Hall–Kier alpha value is -1.11. The third-order valence-corrected chi connectivity index (χ3v) is 1.33. The summed E-state index contributed by atoms with van der Waals surface area (Å²) in [6.07, 6.45) is 7.82. The first-order valence-electron chi connectivity index (χ1n) is 2.92. The van der Waals surface area contributed by atoms with Crippen molar-refractivity contribution in [3.63, 3.8) is 0 Å². The van der Waals surface area contributed by atoms with Gasteiger partial charge in [-0.1, -0.05) is 12.1 Å². The summed E-state index contributed by atoms with van der Waals surface area (Å²) in [5.41, 5.74) is 2.53. The number of pyridine rings is 1. The summed E-state index contributed by atoms with van der Waals surface area (Å²) in [7, 11) is 0. The maximum Gasteiger partial charge on any atom is 0.0343 e. The van der Waals surface area contributed by atoms with Gasteiger partial charge in [0.2, 0.25) is 0 Å². The smallest absolute Gasteiger partial charge is 0.0343 e. The standard InChI is InChI=1S/C8H6N/c1-2-8(6-9-5-1)7-3-4-7/h1-6H. The molecular weight excluding hydrogens is 110 g/mol. The Labute approximate surface area is 54.1 Å². The number of hydrogen-bond acceptors (Lipinski definition) is 1. The molecule has 0 fully saturated rings.